The largest absolute Gasteiger partial charge is 0.354 e. The Kier molecular flexibility index (Phi) is 7.46. The molecule has 8 heteroatoms. The van der Waals surface area contributed by atoms with Gasteiger partial charge in [-0.15, -0.1) is 0 Å². The van der Waals surface area contributed by atoms with Gasteiger partial charge in [0.05, 0.1) is 0 Å². The molecule has 0 saturated carbocycles. The van der Waals surface area contributed by atoms with E-state index in [9.17, 15) is 22.0 Å². The first-order chi connectivity index (χ1) is 16.3. The van der Waals surface area contributed by atoms with Gasteiger partial charge >= 0.3 is 0 Å². The molecule has 1 aromatic heterocycles. The van der Waals surface area contributed by atoms with E-state index in [1.807, 2.05) is 0 Å². The molecule has 1 saturated heterocycles. The number of piperazine rings is 1. The van der Waals surface area contributed by atoms with E-state index < -0.39 is 17.6 Å². The average Bonchev–Trinajstić information content (AvgIpc) is 2.85. The molecule has 0 spiro atoms. The van der Waals surface area contributed by atoms with Crippen LogP contribution in [0.4, 0.5) is 27.8 Å². The number of nitrogens with zero attached hydrogens (tertiary/aromatic N) is 3. The van der Waals surface area contributed by atoms with Crippen molar-refractivity contribution in [3.63, 3.8) is 0 Å². The molecule has 3 aromatic rings. The zero-order valence-corrected chi connectivity index (χ0v) is 18.9. The second-order valence-electron chi connectivity index (χ2n) is 8.61. The van der Waals surface area contributed by atoms with Crippen LogP contribution in [0.15, 0.2) is 48.5 Å². The summed E-state index contributed by atoms with van der Waals surface area (Å²) in [4.78, 5) is 7.65. The lowest BCUT2D eigenvalue weighted by molar-refractivity contribution is 0.250. The third-order valence-corrected chi connectivity index (χ3v) is 6.43. The van der Waals surface area contributed by atoms with Gasteiger partial charge in [0.25, 0.3) is 5.95 Å². The van der Waals surface area contributed by atoms with Gasteiger partial charge in [-0.05, 0) is 61.7 Å². The highest BCUT2D eigenvalue weighted by molar-refractivity contribution is 5.47. The third kappa shape index (κ3) is 5.38. The average molecular weight is 476 g/mol. The Bertz CT molecular complexity index is 1070. The molecule has 1 aliphatic rings. The molecule has 0 amide bonds. The second kappa shape index (κ2) is 10.5. The van der Waals surface area contributed by atoms with E-state index >= 15 is 0 Å². The zero-order valence-electron chi connectivity index (χ0n) is 18.9. The van der Waals surface area contributed by atoms with Crippen LogP contribution in [-0.2, 0) is 0 Å². The quantitative estimate of drug-likeness (QED) is 0.317. The standard InChI is InChI=1S/C26H26F5N3/c1-17-23(29)24(30)25(31)32-26(17)34-15-13-33(14-16-34)12-2-3-22(18-4-8-20(27)9-5-18)19-6-10-21(28)11-7-19/h4-11,22H,2-3,12-16H2,1H3. The molecule has 2 heterocycles. The third-order valence-electron chi connectivity index (χ3n) is 6.43. The molecule has 3 nitrogen and oxygen atoms in total. The monoisotopic (exact) mass is 475 g/mol. The molecule has 0 unspecified atom stereocenters. The molecule has 1 aliphatic heterocycles. The Labute approximate surface area is 195 Å². The molecular formula is C26H26F5N3. The second-order valence-corrected chi connectivity index (χ2v) is 8.61. The van der Waals surface area contributed by atoms with Crippen molar-refractivity contribution in [1.29, 1.82) is 0 Å². The fourth-order valence-electron chi connectivity index (χ4n) is 4.51. The first kappa shape index (κ1) is 24.1. The van der Waals surface area contributed by atoms with Crippen molar-refractivity contribution in [1.82, 2.24) is 9.88 Å². The Hall–Kier alpha value is -3.00. The number of anilines is 1. The summed E-state index contributed by atoms with van der Waals surface area (Å²) in [5.74, 6) is -4.61. The number of rotatable bonds is 7. The van der Waals surface area contributed by atoms with E-state index in [2.05, 4.69) is 9.88 Å². The first-order valence-electron chi connectivity index (χ1n) is 11.3. The fraction of sp³-hybridized carbons (Fsp3) is 0.346. The van der Waals surface area contributed by atoms with Gasteiger partial charge in [0, 0.05) is 37.7 Å². The van der Waals surface area contributed by atoms with E-state index in [1.54, 1.807) is 29.2 Å². The highest BCUT2D eigenvalue weighted by Gasteiger charge is 2.24. The van der Waals surface area contributed by atoms with Gasteiger partial charge in [-0.1, -0.05) is 24.3 Å². The number of hydrogen-bond donors (Lipinski definition) is 0. The summed E-state index contributed by atoms with van der Waals surface area (Å²) < 4.78 is 67.8. The van der Waals surface area contributed by atoms with Crippen molar-refractivity contribution in [2.45, 2.75) is 25.7 Å². The van der Waals surface area contributed by atoms with Crippen LogP contribution in [-0.4, -0.2) is 42.6 Å². The molecule has 0 aliphatic carbocycles. The fourth-order valence-corrected chi connectivity index (χ4v) is 4.51. The summed E-state index contributed by atoms with van der Waals surface area (Å²) in [6.45, 7) is 4.62. The minimum atomic E-state index is -1.54. The molecule has 1 fully saturated rings. The van der Waals surface area contributed by atoms with E-state index in [4.69, 9.17) is 0 Å². The summed E-state index contributed by atoms with van der Waals surface area (Å²) in [6.07, 6.45) is 1.66. The molecule has 0 N–H and O–H groups in total. The molecule has 0 bridgehead atoms. The zero-order chi connectivity index (χ0) is 24.2. The van der Waals surface area contributed by atoms with Crippen LogP contribution >= 0.6 is 0 Å². The number of aromatic nitrogens is 1. The lowest BCUT2D eigenvalue weighted by atomic mass is 9.87. The van der Waals surface area contributed by atoms with E-state index in [0.717, 1.165) is 30.5 Å². The topological polar surface area (TPSA) is 19.4 Å². The maximum atomic E-state index is 13.9. The van der Waals surface area contributed by atoms with Crippen molar-refractivity contribution in [2.75, 3.05) is 37.6 Å². The molecule has 0 radical (unpaired) electrons. The van der Waals surface area contributed by atoms with Crippen LogP contribution in [0.3, 0.4) is 0 Å². The van der Waals surface area contributed by atoms with Gasteiger partial charge in [0.15, 0.2) is 5.82 Å². The predicted octanol–water partition coefficient (Wildman–Crippen LogP) is 5.82. The van der Waals surface area contributed by atoms with Crippen molar-refractivity contribution >= 4 is 5.82 Å². The highest BCUT2D eigenvalue weighted by atomic mass is 19.2. The van der Waals surface area contributed by atoms with E-state index in [1.165, 1.54) is 31.2 Å². The summed E-state index contributed by atoms with van der Waals surface area (Å²) in [7, 11) is 0. The van der Waals surface area contributed by atoms with Crippen LogP contribution < -0.4 is 4.90 Å². The molecular weight excluding hydrogens is 449 g/mol. The van der Waals surface area contributed by atoms with Crippen molar-refractivity contribution in [2.24, 2.45) is 0 Å². The number of benzene rings is 2. The Balaban J connectivity index is 1.36. The van der Waals surface area contributed by atoms with Crippen LogP contribution in [0.5, 0.6) is 0 Å². The minimum absolute atomic E-state index is 0.00814. The van der Waals surface area contributed by atoms with Crippen LogP contribution in [0.2, 0.25) is 0 Å². The van der Waals surface area contributed by atoms with Gasteiger partial charge in [0.2, 0.25) is 5.82 Å². The maximum Gasteiger partial charge on any atom is 0.253 e. The molecule has 2 aromatic carbocycles. The summed E-state index contributed by atoms with van der Waals surface area (Å²) in [5, 5.41) is 0. The van der Waals surface area contributed by atoms with E-state index in [-0.39, 0.29) is 28.9 Å². The Morgan fingerprint density at radius 3 is 1.82 bits per heavy atom. The number of pyridine rings is 1. The van der Waals surface area contributed by atoms with Gasteiger partial charge in [0.1, 0.15) is 17.5 Å². The van der Waals surface area contributed by atoms with Crippen molar-refractivity contribution < 1.29 is 22.0 Å². The number of hydrogen-bond acceptors (Lipinski definition) is 3. The van der Waals surface area contributed by atoms with Crippen LogP contribution in [0, 0.1) is 36.1 Å². The SMILES string of the molecule is Cc1c(N2CCN(CCCC(c3ccc(F)cc3)c3ccc(F)cc3)CC2)nc(F)c(F)c1F. The molecule has 34 heavy (non-hydrogen) atoms. The Morgan fingerprint density at radius 2 is 1.29 bits per heavy atom. The van der Waals surface area contributed by atoms with Gasteiger partial charge in [-0.3, -0.25) is 4.90 Å². The first-order valence-corrected chi connectivity index (χ1v) is 11.3. The lowest BCUT2D eigenvalue weighted by Crippen LogP contribution is -2.47. The van der Waals surface area contributed by atoms with E-state index in [0.29, 0.717) is 26.2 Å². The van der Waals surface area contributed by atoms with Crippen molar-refractivity contribution in [3.05, 3.63) is 94.4 Å². The summed E-state index contributed by atoms with van der Waals surface area (Å²) in [6, 6.07) is 12.8. The van der Waals surface area contributed by atoms with Gasteiger partial charge in [-0.25, -0.2) is 13.2 Å². The normalized spacial score (nSPS) is 14.7. The van der Waals surface area contributed by atoms with Gasteiger partial charge in [-0.2, -0.15) is 13.8 Å². The molecule has 180 valence electrons. The minimum Gasteiger partial charge on any atom is -0.354 e. The smallest absolute Gasteiger partial charge is 0.253 e. The summed E-state index contributed by atoms with van der Waals surface area (Å²) in [5.41, 5.74) is 1.95. The molecule has 4 rings (SSSR count). The summed E-state index contributed by atoms with van der Waals surface area (Å²) >= 11 is 0. The van der Waals surface area contributed by atoms with Gasteiger partial charge < -0.3 is 4.90 Å². The van der Waals surface area contributed by atoms with Crippen LogP contribution in [0.1, 0.15) is 35.4 Å². The molecule has 0 atom stereocenters. The highest BCUT2D eigenvalue weighted by Crippen LogP contribution is 2.30. The Morgan fingerprint density at radius 1 is 0.765 bits per heavy atom. The maximum absolute atomic E-state index is 13.9. The van der Waals surface area contributed by atoms with Crippen LogP contribution in [0.25, 0.3) is 0 Å². The lowest BCUT2D eigenvalue weighted by Gasteiger charge is -2.36. The van der Waals surface area contributed by atoms with Crippen molar-refractivity contribution in [3.8, 4) is 0 Å². The predicted molar refractivity (Wildman–Crippen MR) is 121 cm³/mol. The number of halogens is 5.